The molecule has 4 atom stereocenters. The van der Waals surface area contributed by atoms with Crippen molar-refractivity contribution in [2.24, 2.45) is 17.8 Å². The molecule has 2 aromatic carbocycles. The molecule has 33 heavy (non-hydrogen) atoms. The Morgan fingerprint density at radius 1 is 0.970 bits per heavy atom. The number of fused-ring (bicyclic) bond motifs is 1. The van der Waals surface area contributed by atoms with Crippen LogP contribution in [0.25, 0.3) is 11.1 Å². The summed E-state index contributed by atoms with van der Waals surface area (Å²) in [5.74, 6) is 2.34. The van der Waals surface area contributed by atoms with E-state index < -0.39 is 5.82 Å². The summed E-state index contributed by atoms with van der Waals surface area (Å²) in [6, 6.07) is 10.2. The molecule has 2 aliphatic rings. The van der Waals surface area contributed by atoms with Gasteiger partial charge in [0.05, 0.1) is 0 Å². The first-order valence-electron chi connectivity index (χ1n) is 12.5. The van der Waals surface area contributed by atoms with Crippen LogP contribution in [0.5, 0.6) is 5.75 Å². The number of rotatable bonds is 8. The molecular formula is C30H36F2O. The highest BCUT2D eigenvalue weighted by molar-refractivity contribution is 5.65. The largest absolute Gasteiger partial charge is 0.486 e. The van der Waals surface area contributed by atoms with E-state index in [1.807, 2.05) is 37.3 Å². The lowest BCUT2D eigenvalue weighted by atomic mass is 9.63. The van der Waals surface area contributed by atoms with Crippen LogP contribution < -0.4 is 4.74 Å². The molecule has 0 heterocycles. The summed E-state index contributed by atoms with van der Waals surface area (Å²) in [6.07, 6.45) is 15.7. The maximum Gasteiger partial charge on any atom is 0.165 e. The Bertz CT molecular complexity index is 979. The van der Waals surface area contributed by atoms with Crippen molar-refractivity contribution in [3.05, 3.63) is 78.4 Å². The second-order valence-electron chi connectivity index (χ2n) is 9.84. The van der Waals surface area contributed by atoms with Crippen molar-refractivity contribution in [1.29, 1.82) is 0 Å². The zero-order valence-corrected chi connectivity index (χ0v) is 19.7. The number of hydrogen-bond donors (Lipinski definition) is 0. The van der Waals surface area contributed by atoms with Gasteiger partial charge in [-0.15, -0.1) is 6.58 Å². The van der Waals surface area contributed by atoms with Gasteiger partial charge >= 0.3 is 0 Å². The van der Waals surface area contributed by atoms with Crippen LogP contribution in [0, 0.1) is 29.4 Å². The predicted molar refractivity (Wildman–Crippen MR) is 132 cm³/mol. The van der Waals surface area contributed by atoms with Gasteiger partial charge in [0.1, 0.15) is 12.4 Å². The topological polar surface area (TPSA) is 9.23 Å². The zero-order chi connectivity index (χ0) is 23.2. The third-order valence-electron chi connectivity index (χ3n) is 7.78. The summed E-state index contributed by atoms with van der Waals surface area (Å²) < 4.78 is 35.0. The second kappa shape index (κ2) is 11.1. The smallest absolute Gasteiger partial charge is 0.165 e. The van der Waals surface area contributed by atoms with Gasteiger partial charge in [-0.1, -0.05) is 42.8 Å². The highest BCUT2D eigenvalue weighted by Gasteiger charge is 2.35. The summed E-state index contributed by atoms with van der Waals surface area (Å²) in [5.41, 5.74) is 2.07. The van der Waals surface area contributed by atoms with Gasteiger partial charge in [-0.2, -0.15) is 0 Å². The molecule has 0 radical (unpaired) electrons. The minimum atomic E-state index is -0.470. The van der Waals surface area contributed by atoms with E-state index in [1.54, 1.807) is 18.2 Å². The molecule has 4 unspecified atom stereocenters. The average molecular weight is 451 g/mol. The molecule has 0 spiro atoms. The first-order valence-corrected chi connectivity index (χ1v) is 12.5. The Morgan fingerprint density at radius 2 is 1.79 bits per heavy atom. The molecule has 2 fully saturated rings. The molecule has 2 saturated carbocycles. The van der Waals surface area contributed by atoms with E-state index in [2.05, 4.69) is 6.58 Å². The van der Waals surface area contributed by atoms with E-state index in [0.29, 0.717) is 23.7 Å². The molecule has 176 valence electrons. The molecule has 3 heteroatoms. The van der Waals surface area contributed by atoms with Gasteiger partial charge in [0.2, 0.25) is 0 Å². The van der Waals surface area contributed by atoms with E-state index in [1.165, 1.54) is 44.6 Å². The molecule has 0 aromatic heterocycles. The minimum Gasteiger partial charge on any atom is -0.486 e. The van der Waals surface area contributed by atoms with Crippen LogP contribution in [0.2, 0.25) is 0 Å². The van der Waals surface area contributed by atoms with Crippen molar-refractivity contribution in [1.82, 2.24) is 0 Å². The van der Waals surface area contributed by atoms with Crippen molar-refractivity contribution in [3.63, 3.8) is 0 Å². The fourth-order valence-electron chi connectivity index (χ4n) is 5.94. The zero-order valence-electron chi connectivity index (χ0n) is 19.7. The normalized spacial score (nSPS) is 25.1. The lowest BCUT2D eigenvalue weighted by Crippen LogP contribution is -2.30. The van der Waals surface area contributed by atoms with Gasteiger partial charge in [-0.25, -0.2) is 8.78 Å². The first-order chi connectivity index (χ1) is 16.1. The Hall–Kier alpha value is -2.42. The highest BCUT2D eigenvalue weighted by atomic mass is 19.1. The molecule has 0 N–H and O–H groups in total. The molecule has 2 aliphatic carbocycles. The lowest BCUT2D eigenvalue weighted by Gasteiger charge is -2.42. The standard InChI is InChI=1S/C30H36F2O/c1-3-5-7-21-8-9-23-18-24(11-10-22(23)17-21)25-12-14-27(28(31)19-25)26-13-15-30(29(32)20-26)33-16-6-4-2/h3-4,6,12-15,19-24H,1,5,7-11,16-18H2,2H3/b6-4+. The van der Waals surface area contributed by atoms with E-state index in [4.69, 9.17) is 4.74 Å². The molecule has 4 rings (SSSR count). The van der Waals surface area contributed by atoms with Crippen LogP contribution in [-0.2, 0) is 0 Å². The van der Waals surface area contributed by atoms with Crippen molar-refractivity contribution in [2.75, 3.05) is 6.61 Å². The van der Waals surface area contributed by atoms with Gasteiger partial charge < -0.3 is 4.74 Å². The average Bonchev–Trinajstić information content (AvgIpc) is 2.83. The third-order valence-corrected chi connectivity index (χ3v) is 7.78. The lowest BCUT2D eigenvalue weighted by molar-refractivity contribution is 0.115. The third kappa shape index (κ3) is 5.75. The van der Waals surface area contributed by atoms with Gasteiger partial charge in [0.25, 0.3) is 0 Å². The Labute approximate surface area is 197 Å². The van der Waals surface area contributed by atoms with Crippen LogP contribution in [0.1, 0.15) is 69.8 Å². The molecule has 2 aromatic rings. The second-order valence-corrected chi connectivity index (χ2v) is 9.84. The van der Waals surface area contributed by atoms with E-state index >= 15 is 4.39 Å². The molecule has 0 bridgehead atoms. The van der Waals surface area contributed by atoms with E-state index in [-0.39, 0.29) is 11.6 Å². The maximum absolute atomic E-state index is 15.1. The summed E-state index contributed by atoms with van der Waals surface area (Å²) in [7, 11) is 0. The van der Waals surface area contributed by atoms with E-state index in [0.717, 1.165) is 36.2 Å². The van der Waals surface area contributed by atoms with Crippen LogP contribution in [0.15, 0.2) is 61.2 Å². The SMILES string of the molecule is C=CCCC1CCC2CC(c3ccc(-c4ccc(OC/C=C/C)c(F)c4)c(F)c3)CCC2C1. The van der Waals surface area contributed by atoms with Crippen molar-refractivity contribution in [3.8, 4) is 16.9 Å². The maximum atomic E-state index is 15.1. The summed E-state index contributed by atoms with van der Waals surface area (Å²) in [4.78, 5) is 0. The Kier molecular flexibility index (Phi) is 8.01. The highest BCUT2D eigenvalue weighted by Crippen LogP contribution is 2.48. The van der Waals surface area contributed by atoms with E-state index in [9.17, 15) is 4.39 Å². The van der Waals surface area contributed by atoms with Crippen molar-refractivity contribution >= 4 is 0 Å². The van der Waals surface area contributed by atoms with Crippen LogP contribution >= 0.6 is 0 Å². The van der Waals surface area contributed by atoms with Crippen LogP contribution in [-0.4, -0.2) is 6.61 Å². The first kappa shape index (κ1) is 23.7. The molecular weight excluding hydrogens is 414 g/mol. The van der Waals surface area contributed by atoms with Crippen molar-refractivity contribution < 1.29 is 13.5 Å². The summed E-state index contributed by atoms with van der Waals surface area (Å²) >= 11 is 0. The number of halogens is 2. The number of allylic oxidation sites excluding steroid dienone is 2. The number of ether oxygens (including phenoxy) is 1. The Morgan fingerprint density at radius 3 is 2.55 bits per heavy atom. The van der Waals surface area contributed by atoms with Crippen LogP contribution in [0.3, 0.4) is 0 Å². The van der Waals surface area contributed by atoms with Gasteiger partial charge in [0.15, 0.2) is 11.6 Å². The fraction of sp³-hybridized carbons (Fsp3) is 0.467. The monoisotopic (exact) mass is 450 g/mol. The van der Waals surface area contributed by atoms with Gasteiger partial charge in [0, 0.05) is 5.56 Å². The summed E-state index contributed by atoms with van der Waals surface area (Å²) in [6.45, 7) is 6.07. The fourth-order valence-corrected chi connectivity index (χ4v) is 5.94. The number of benzene rings is 2. The van der Waals surface area contributed by atoms with Crippen molar-refractivity contribution in [2.45, 2.75) is 64.2 Å². The van der Waals surface area contributed by atoms with Gasteiger partial charge in [-0.3, -0.25) is 0 Å². The molecule has 0 aliphatic heterocycles. The predicted octanol–water partition coefficient (Wildman–Crippen LogP) is 8.85. The Balaban J connectivity index is 1.41. The molecule has 0 amide bonds. The quantitative estimate of drug-likeness (QED) is 0.365. The number of hydrogen-bond acceptors (Lipinski definition) is 1. The summed E-state index contributed by atoms with van der Waals surface area (Å²) in [5, 5.41) is 0. The molecule has 0 saturated heterocycles. The minimum absolute atomic E-state index is 0.185. The van der Waals surface area contributed by atoms with Gasteiger partial charge in [-0.05, 0) is 105 Å². The molecule has 1 nitrogen and oxygen atoms in total. The van der Waals surface area contributed by atoms with Crippen LogP contribution in [0.4, 0.5) is 8.78 Å².